The third-order valence-corrected chi connectivity index (χ3v) is 1.73. The second kappa shape index (κ2) is 3.55. The first-order valence-electron chi connectivity index (χ1n) is 3.62. The normalized spacial score (nSPS) is 10.5. The number of halogens is 2. The topological polar surface area (TPSA) is 42.1 Å². The first-order valence-corrected chi connectivity index (χ1v) is 3.62. The number of pyridine rings is 1. The monoisotopic (exact) mass is 189 g/mol. The highest BCUT2D eigenvalue weighted by Crippen LogP contribution is 2.19. The maximum absolute atomic E-state index is 12.3. The van der Waals surface area contributed by atoms with Crippen LogP contribution in [0.1, 0.15) is 17.7 Å². The maximum Gasteiger partial charge on any atom is 0.269 e. The Morgan fingerprint density at radius 3 is 2.62 bits per heavy atom. The number of hydrogen-bond acceptors (Lipinski definition) is 2. The summed E-state index contributed by atoms with van der Waals surface area (Å²) in [6.45, 7) is 1.42. The summed E-state index contributed by atoms with van der Waals surface area (Å²) in [5, 5.41) is 0. The van der Waals surface area contributed by atoms with Gasteiger partial charge in [0.15, 0.2) is 5.75 Å². The number of nitrogens with one attached hydrogen (secondary N) is 1. The molecule has 0 aromatic carbocycles. The molecule has 0 atom stereocenters. The minimum absolute atomic E-state index is 0.0964. The molecule has 1 aromatic rings. The molecule has 0 radical (unpaired) electrons. The van der Waals surface area contributed by atoms with Crippen LogP contribution in [-0.2, 0) is 0 Å². The predicted molar refractivity (Wildman–Crippen MR) is 43.3 cm³/mol. The van der Waals surface area contributed by atoms with Crippen LogP contribution in [0.25, 0.3) is 0 Å². The maximum atomic E-state index is 12.3. The van der Waals surface area contributed by atoms with E-state index in [1.165, 1.54) is 20.2 Å². The van der Waals surface area contributed by atoms with E-state index in [2.05, 4.69) is 9.72 Å². The summed E-state index contributed by atoms with van der Waals surface area (Å²) in [5.74, 6) is -0.0964. The van der Waals surface area contributed by atoms with Crippen molar-refractivity contribution >= 4 is 0 Å². The summed E-state index contributed by atoms with van der Waals surface area (Å²) in [6.07, 6.45) is -1.51. The Balaban J connectivity index is 3.39. The molecule has 0 spiro atoms. The summed E-state index contributed by atoms with van der Waals surface area (Å²) in [4.78, 5) is 13.8. The number of aromatic nitrogens is 1. The Labute approximate surface area is 73.4 Å². The van der Waals surface area contributed by atoms with Gasteiger partial charge in [-0.05, 0) is 6.92 Å². The van der Waals surface area contributed by atoms with Crippen LogP contribution in [0.4, 0.5) is 8.78 Å². The third-order valence-electron chi connectivity index (χ3n) is 1.73. The fraction of sp³-hybridized carbons (Fsp3) is 0.375. The molecule has 0 aliphatic heterocycles. The van der Waals surface area contributed by atoms with Gasteiger partial charge < -0.3 is 9.72 Å². The van der Waals surface area contributed by atoms with Crippen LogP contribution in [0.15, 0.2) is 11.0 Å². The molecule has 0 unspecified atom stereocenters. The quantitative estimate of drug-likeness (QED) is 0.768. The minimum atomic E-state index is -2.78. The van der Waals surface area contributed by atoms with Crippen molar-refractivity contribution in [3.8, 4) is 5.75 Å². The van der Waals surface area contributed by atoms with Gasteiger partial charge >= 0.3 is 0 Å². The SMILES string of the molecule is COc1c[nH]c(C)c(C(F)F)c1=O. The van der Waals surface area contributed by atoms with Crippen LogP contribution in [-0.4, -0.2) is 12.1 Å². The Morgan fingerprint density at radius 2 is 2.15 bits per heavy atom. The molecule has 5 heteroatoms. The summed E-state index contributed by atoms with van der Waals surface area (Å²) >= 11 is 0. The van der Waals surface area contributed by atoms with Crippen LogP contribution in [0, 0.1) is 6.92 Å². The summed E-state index contributed by atoms with van der Waals surface area (Å²) in [5.41, 5.74) is -1.12. The lowest BCUT2D eigenvalue weighted by atomic mass is 10.2. The second-order valence-electron chi connectivity index (χ2n) is 2.53. The summed E-state index contributed by atoms with van der Waals surface area (Å²) in [6, 6.07) is 0. The van der Waals surface area contributed by atoms with Gasteiger partial charge in [0.2, 0.25) is 5.43 Å². The molecule has 3 nitrogen and oxygen atoms in total. The Hall–Kier alpha value is -1.39. The minimum Gasteiger partial charge on any atom is -0.491 e. The number of ether oxygens (including phenoxy) is 1. The van der Waals surface area contributed by atoms with Crippen LogP contribution < -0.4 is 10.2 Å². The molecule has 72 valence electrons. The van der Waals surface area contributed by atoms with E-state index in [-0.39, 0.29) is 11.4 Å². The fourth-order valence-electron chi connectivity index (χ4n) is 1.03. The molecule has 0 saturated heterocycles. The van der Waals surface area contributed by atoms with Gasteiger partial charge in [-0.25, -0.2) is 8.78 Å². The van der Waals surface area contributed by atoms with Crippen LogP contribution in [0.2, 0.25) is 0 Å². The Kier molecular flexibility index (Phi) is 2.65. The highest BCUT2D eigenvalue weighted by Gasteiger charge is 2.17. The first-order chi connectivity index (χ1) is 6.07. The zero-order valence-electron chi connectivity index (χ0n) is 7.23. The average Bonchev–Trinajstić information content (AvgIpc) is 2.04. The van der Waals surface area contributed by atoms with E-state index >= 15 is 0 Å². The number of aromatic amines is 1. The van der Waals surface area contributed by atoms with E-state index in [9.17, 15) is 13.6 Å². The van der Waals surface area contributed by atoms with E-state index in [0.29, 0.717) is 0 Å². The van der Waals surface area contributed by atoms with Crippen molar-refractivity contribution in [2.75, 3.05) is 7.11 Å². The van der Waals surface area contributed by atoms with Crippen molar-refractivity contribution < 1.29 is 13.5 Å². The Bertz CT molecular complexity index is 360. The fourth-order valence-corrected chi connectivity index (χ4v) is 1.03. The van der Waals surface area contributed by atoms with Gasteiger partial charge in [-0.2, -0.15) is 0 Å². The largest absolute Gasteiger partial charge is 0.491 e. The van der Waals surface area contributed by atoms with Gasteiger partial charge in [0.25, 0.3) is 6.43 Å². The number of aryl methyl sites for hydroxylation is 1. The number of methoxy groups -OCH3 is 1. The molecule has 1 N–H and O–H groups in total. The smallest absolute Gasteiger partial charge is 0.269 e. The highest BCUT2D eigenvalue weighted by atomic mass is 19.3. The standard InChI is InChI=1S/C8H9F2NO2/c1-4-6(8(9)10)7(12)5(13-2)3-11-4/h3,8H,1-2H3,(H,11,12). The molecule has 0 bridgehead atoms. The number of alkyl halides is 2. The van der Waals surface area contributed by atoms with E-state index in [1.807, 2.05) is 0 Å². The number of rotatable bonds is 2. The highest BCUT2D eigenvalue weighted by molar-refractivity contribution is 5.29. The van der Waals surface area contributed by atoms with Gasteiger partial charge in [0, 0.05) is 11.9 Å². The van der Waals surface area contributed by atoms with E-state index in [4.69, 9.17) is 0 Å². The molecule has 0 amide bonds. The lowest BCUT2D eigenvalue weighted by Crippen LogP contribution is -2.14. The lowest BCUT2D eigenvalue weighted by molar-refractivity contribution is 0.148. The van der Waals surface area contributed by atoms with Gasteiger partial charge in [-0.1, -0.05) is 0 Å². The van der Waals surface area contributed by atoms with E-state index in [0.717, 1.165) is 0 Å². The second-order valence-corrected chi connectivity index (χ2v) is 2.53. The first kappa shape index (κ1) is 9.70. The molecule has 0 saturated carbocycles. The Morgan fingerprint density at radius 1 is 1.54 bits per heavy atom. The predicted octanol–water partition coefficient (Wildman–Crippen LogP) is 1.63. The summed E-state index contributed by atoms with van der Waals surface area (Å²) in [7, 11) is 1.26. The number of hydrogen-bond donors (Lipinski definition) is 1. The zero-order valence-corrected chi connectivity index (χ0v) is 7.23. The van der Waals surface area contributed by atoms with E-state index < -0.39 is 17.4 Å². The van der Waals surface area contributed by atoms with E-state index in [1.54, 1.807) is 0 Å². The van der Waals surface area contributed by atoms with Gasteiger partial charge in [0.05, 0.1) is 12.7 Å². The van der Waals surface area contributed by atoms with Crippen molar-refractivity contribution in [3.05, 3.63) is 27.7 Å². The summed E-state index contributed by atoms with van der Waals surface area (Å²) < 4.78 is 29.3. The molecule has 1 heterocycles. The molecular formula is C8H9F2NO2. The molecule has 1 rings (SSSR count). The number of H-pyrrole nitrogens is 1. The lowest BCUT2D eigenvalue weighted by Gasteiger charge is -2.05. The van der Waals surface area contributed by atoms with Crippen molar-refractivity contribution in [2.45, 2.75) is 13.3 Å². The van der Waals surface area contributed by atoms with Crippen molar-refractivity contribution in [3.63, 3.8) is 0 Å². The average molecular weight is 189 g/mol. The molecule has 1 aromatic heterocycles. The van der Waals surface area contributed by atoms with Crippen LogP contribution in [0.5, 0.6) is 5.75 Å². The molecule has 0 aliphatic rings. The molecule has 0 aliphatic carbocycles. The van der Waals surface area contributed by atoms with Gasteiger partial charge in [0.1, 0.15) is 0 Å². The van der Waals surface area contributed by atoms with Crippen molar-refractivity contribution in [1.82, 2.24) is 4.98 Å². The third kappa shape index (κ3) is 1.68. The zero-order chi connectivity index (χ0) is 10.0. The van der Waals surface area contributed by atoms with Crippen LogP contribution >= 0.6 is 0 Å². The van der Waals surface area contributed by atoms with Crippen molar-refractivity contribution in [2.24, 2.45) is 0 Å². The van der Waals surface area contributed by atoms with Gasteiger partial charge in [-0.3, -0.25) is 4.79 Å². The molecule has 0 fully saturated rings. The molecule has 13 heavy (non-hydrogen) atoms. The van der Waals surface area contributed by atoms with Crippen LogP contribution in [0.3, 0.4) is 0 Å². The van der Waals surface area contributed by atoms with Gasteiger partial charge in [-0.15, -0.1) is 0 Å². The van der Waals surface area contributed by atoms with Crippen molar-refractivity contribution in [1.29, 1.82) is 0 Å². The molecular weight excluding hydrogens is 180 g/mol.